The molecule has 0 unspecified atom stereocenters. The van der Waals surface area contributed by atoms with Gasteiger partial charge in [-0.2, -0.15) is 0 Å². The summed E-state index contributed by atoms with van der Waals surface area (Å²) in [5.41, 5.74) is 3.21. The Kier molecular flexibility index (Phi) is 3.34. The van der Waals surface area contributed by atoms with Crippen molar-refractivity contribution in [2.45, 2.75) is 0 Å². The van der Waals surface area contributed by atoms with Gasteiger partial charge in [-0.1, -0.05) is 66.2 Å². The van der Waals surface area contributed by atoms with Crippen LogP contribution < -0.4 is 5.43 Å². The lowest BCUT2D eigenvalue weighted by molar-refractivity contribution is 0.660. The number of hydrogen-bond donors (Lipinski definition) is 0. The predicted octanol–water partition coefficient (Wildman–Crippen LogP) is 6.42. The van der Waals surface area contributed by atoms with E-state index in [1.807, 2.05) is 48.5 Å². The van der Waals surface area contributed by atoms with Gasteiger partial charge in [-0.25, -0.2) is 0 Å². The van der Waals surface area contributed by atoms with E-state index < -0.39 is 0 Å². The predicted molar refractivity (Wildman–Crippen MR) is 108 cm³/mol. The van der Waals surface area contributed by atoms with Crippen LogP contribution in [0.5, 0.6) is 0 Å². The zero-order valence-corrected chi connectivity index (χ0v) is 14.5. The minimum atomic E-state index is -0.0560. The van der Waals surface area contributed by atoms with Crippen molar-refractivity contribution in [3.05, 3.63) is 94.1 Å². The molecule has 4 aromatic carbocycles. The fourth-order valence-electron chi connectivity index (χ4n) is 3.54. The summed E-state index contributed by atoms with van der Waals surface area (Å²) in [7, 11) is 0. The van der Waals surface area contributed by atoms with Crippen LogP contribution in [0.4, 0.5) is 0 Å². The van der Waals surface area contributed by atoms with Gasteiger partial charge in [-0.3, -0.25) is 4.79 Å². The van der Waals surface area contributed by atoms with Crippen LogP contribution in [0.25, 0.3) is 43.8 Å². The van der Waals surface area contributed by atoms with Gasteiger partial charge in [0.25, 0.3) is 0 Å². The highest BCUT2D eigenvalue weighted by Gasteiger charge is 2.15. The first-order valence-electron chi connectivity index (χ1n) is 8.35. The maximum atomic E-state index is 13.2. The van der Waals surface area contributed by atoms with Crippen LogP contribution in [-0.4, -0.2) is 0 Å². The molecule has 2 nitrogen and oxygen atoms in total. The summed E-state index contributed by atoms with van der Waals surface area (Å²) in [6.45, 7) is 0. The van der Waals surface area contributed by atoms with Crippen LogP contribution in [0.15, 0.2) is 88.1 Å². The van der Waals surface area contributed by atoms with Gasteiger partial charge in [0.05, 0.1) is 10.8 Å². The largest absolute Gasteiger partial charge is 0.456 e. The molecule has 0 spiro atoms. The van der Waals surface area contributed by atoms with E-state index in [0.717, 1.165) is 21.9 Å². The van der Waals surface area contributed by atoms with Gasteiger partial charge in [0, 0.05) is 5.02 Å². The Labute approximate surface area is 154 Å². The normalized spacial score (nSPS) is 11.4. The molecule has 0 N–H and O–H groups in total. The number of hydrogen-bond acceptors (Lipinski definition) is 2. The Bertz CT molecular complexity index is 1350. The van der Waals surface area contributed by atoms with E-state index >= 15 is 0 Å². The molecule has 26 heavy (non-hydrogen) atoms. The van der Waals surface area contributed by atoms with Crippen molar-refractivity contribution in [2.24, 2.45) is 0 Å². The molecule has 1 heterocycles. The average Bonchev–Trinajstić information content (AvgIpc) is 2.68. The quantitative estimate of drug-likeness (QED) is 0.256. The van der Waals surface area contributed by atoms with E-state index in [4.69, 9.17) is 16.0 Å². The molecule has 5 aromatic rings. The highest BCUT2D eigenvalue weighted by molar-refractivity contribution is 6.31. The molecule has 0 saturated heterocycles. The van der Waals surface area contributed by atoms with Crippen molar-refractivity contribution in [1.82, 2.24) is 0 Å². The van der Waals surface area contributed by atoms with E-state index in [1.165, 1.54) is 0 Å². The second-order valence-corrected chi connectivity index (χ2v) is 6.72. The molecule has 0 saturated carbocycles. The maximum Gasteiger partial charge on any atom is 0.201 e. The van der Waals surface area contributed by atoms with Gasteiger partial charge in [0.1, 0.15) is 11.2 Å². The Morgan fingerprint density at radius 2 is 1.42 bits per heavy atom. The minimum Gasteiger partial charge on any atom is -0.456 e. The van der Waals surface area contributed by atoms with Crippen LogP contribution in [0.3, 0.4) is 0 Å². The molecule has 0 aliphatic rings. The monoisotopic (exact) mass is 356 g/mol. The summed E-state index contributed by atoms with van der Waals surface area (Å²) < 4.78 is 6.09. The molecule has 0 aliphatic heterocycles. The molecule has 0 radical (unpaired) electrons. The molecule has 0 atom stereocenters. The second kappa shape index (κ2) is 5.72. The standard InChI is InChI=1S/C23H13ClO2/c24-15-10-11-20-19(12-15)23(25)22-17-9-5-4-8-16(17)18(13-21(22)26-20)14-6-2-1-3-7-14/h1-13H. The SMILES string of the molecule is O=c1c2cc(Cl)ccc2oc2cc(-c3ccccc3)c3ccccc3c12. The first kappa shape index (κ1) is 15.2. The highest BCUT2D eigenvalue weighted by atomic mass is 35.5. The van der Waals surface area contributed by atoms with E-state index in [1.54, 1.807) is 18.2 Å². The molecule has 3 heteroatoms. The molecule has 5 rings (SSSR count). The van der Waals surface area contributed by atoms with Crippen molar-refractivity contribution < 1.29 is 4.42 Å². The van der Waals surface area contributed by atoms with E-state index in [0.29, 0.717) is 27.0 Å². The summed E-state index contributed by atoms with van der Waals surface area (Å²) in [5, 5.41) is 3.53. The molecule has 1 aromatic heterocycles. The van der Waals surface area contributed by atoms with E-state index in [-0.39, 0.29) is 5.43 Å². The van der Waals surface area contributed by atoms with Gasteiger partial charge in [-0.15, -0.1) is 0 Å². The Hall–Kier alpha value is -3.10. The van der Waals surface area contributed by atoms with Gasteiger partial charge in [-0.05, 0) is 46.2 Å². The third-order valence-corrected chi connectivity index (χ3v) is 4.96. The summed E-state index contributed by atoms with van der Waals surface area (Å²) >= 11 is 6.08. The maximum absolute atomic E-state index is 13.2. The summed E-state index contributed by atoms with van der Waals surface area (Å²) in [6.07, 6.45) is 0. The lowest BCUT2D eigenvalue weighted by Gasteiger charge is -2.11. The van der Waals surface area contributed by atoms with Crippen LogP contribution in [0, 0.1) is 0 Å². The molecule has 0 bridgehead atoms. The molecule has 124 valence electrons. The van der Waals surface area contributed by atoms with E-state index in [9.17, 15) is 4.79 Å². The van der Waals surface area contributed by atoms with Gasteiger partial charge in [0.2, 0.25) is 5.43 Å². The summed E-state index contributed by atoms with van der Waals surface area (Å²) in [6, 6.07) is 25.2. The number of fused-ring (bicyclic) bond motifs is 4. The Morgan fingerprint density at radius 3 is 2.23 bits per heavy atom. The summed E-state index contributed by atoms with van der Waals surface area (Å²) in [5.74, 6) is 0. The molecular formula is C23H13ClO2. The van der Waals surface area contributed by atoms with Crippen molar-refractivity contribution in [1.29, 1.82) is 0 Å². The minimum absolute atomic E-state index is 0.0560. The zero-order chi connectivity index (χ0) is 17.7. The van der Waals surface area contributed by atoms with Gasteiger partial charge < -0.3 is 4.42 Å². The van der Waals surface area contributed by atoms with Gasteiger partial charge in [0.15, 0.2) is 0 Å². The Morgan fingerprint density at radius 1 is 0.692 bits per heavy atom. The smallest absolute Gasteiger partial charge is 0.201 e. The third-order valence-electron chi connectivity index (χ3n) is 4.73. The topological polar surface area (TPSA) is 30.2 Å². The zero-order valence-electron chi connectivity index (χ0n) is 13.7. The number of rotatable bonds is 1. The van der Waals surface area contributed by atoms with Crippen LogP contribution in [0.1, 0.15) is 0 Å². The van der Waals surface area contributed by atoms with E-state index in [2.05, 4.69) is 12.1 Å². The average molecular weight is 357 g/mol. The molecular weight excluding hydrogens is 344 g/mol. The molecule has 0 fully saturated rings. The lowest BCUT2D eigenvalue weighted by Crippen LogP contribution is -2.03. The third kappa shape index (κ3) is 2.23. The fourth-order valence-corrected chi connectivity index (χ4v) is 3.71. The van der Waals surface area contributed by atoms with Crippen molar-refractivity contribution in [2.75, 3.05) is 0 Å². The molecule has 0 amide bonds. The van der Waals surface area contributed by atoms with Crippen LogP contribution in [-0.2, 0) is 0 Å². The fraction of sp³-hybridized carbons (Fsp3) is 0. The van der Waals surface area contributed by atoms with Crippen molar-refractivity contribution in [3.8, 4) is 11.1 Å². The summed E-state index contributed by atoms with van der Waals surface area (Å²) in [4.78, 5) is 13.2. The molecule has 0 aliphatic carbocycles. The Balaban J connectivity index is 2.02. The van der Waals surface area contributed by atoms with Gasteiger partial charge >= 0.3 is 0 Å². The second-order valence-electron chi connectivity index (χ2n) is 6.28. The number of benzene rings is 4. The first-order chi connectivity index (χ1) is 12.7. The van der Waals surface area contributed by atoms with Crippen molar-refractivity contribution in [3.63, 3.8) is 0 Å². The first-order valence-corrected chi connectivity index (χ1v) is 8.73. The van der Waals surface area contributed by atoms with Crippen LogP contribution >= 0.6 is 11.6 Å². The number of halogens is 1. The highest BCUT2D eigenvalue weighted by Crippen LogP contribution is 2.35. The van der Waals surface area contributed by atoms with Crippen LogP contribution in [0.2, 0.25) is 5.02 Å². The van der Waals surface area contributed by atoms with Crippen molar-refractivity contribution >= 4 is 44.3 Å². The lowest BCUT2D eigenvalue weighted by atomic mass is 9.95.